The minimum atomic E-state index is -1.14. The van der Waals surface area contributed by atoms with Crippen molar-refractivity contribution >= 4 is 29.3 Å². The summed E-state index contributed by atoms with van der Waals surface area (Å²) in [7, 11) is 0. The van der Waals surface area contributed by atoms with Gasteiger partial charge in [-0.05, 0) is 31.0 Å². The van der Waals surface area contributed by atoms with Crippen molar-refractivity contribution in [1.29, 1.82) is 0 Å². The van der Waals surface area contributed by atoms with Gasteiger partial charge in [-0.3, -0.25) is 24.3 Å². The summed E-state index contributed by atoms with van der Waals surface area (Å²) in [5, 5.41) is 11.6. The number of anilines is 2. The van der Waals surface area contributed by atoms with Crippen LogP contribution >= 0.6 is 0 Å². The number of hydrogen-bond acceptors (Lipinski definition) is 6. The number of rotatable bonds is 3. The first-order valence-electron chi connectivity index (χ1n) is 9.42. The molecule has 1 aromatic heterocycles. The summed E-state index contributed by atoms with van der Waals surface area (Å²) >= 11 is 0. The first-order chi connectivity index (χ1) is 13.9. The van der Waals surface area contributed by atoms with E-state index in [1.807, 2.05) is 0 Å². The Morgan fingerprint density at radius 1 is 0.966 bits per heavy atom. The largest absolute Gasteiger partial charge is 0.478 e. The van der Waals surface area contributed by atoms with Crippen LogP contribution in [0.15, 0.2) is 29.1 Å². The number of imide groups is 1. The monoisotopic (exact) mass is 396 g/mol. The number of aromatic carboxylic acids is 1. The lowest BCUT2D eigenvalue weighted by Gasteiger charge is -2.27. The Kier molecular flexibility index (Phi) is 4.57. The Labute approximate surface area is 165 Å². The number of nitrogen functional groups attached to an aromatic ring is 1. The third-order valence-corrected chi connectivity index (χ3v) is 5.36. The molecule has 0 bridgehead atoms. The molecule has 1 fully saturated rings. The van der Waals surface area contributed by atoms with E-state index in [-0.39, 0.29) is 28.2 Å². The van der Waals surface area contributed by atoms with Crippen molar-refractivity contribution in [1.82, 2.24) is 9.88 Å². The summed E-state index contributed by atoms with van der Waals surface area (Å²) in [6.45, 7) is 1.52. The van der Waals surface area contributed by atoms with Gasteiger partial charge in [0.15, 0.2) is 0 Å². The lowest BCUT2D eigenvalue weighted by Crippen LogP contribution is -2.29. The van der Waals surface area contributed by atoms with Gasteiger partial charge in [0.1, 0.15) is 5.82 Å². The van der Waals surface area contributed by atoms with Crippen LogP contribution in [-0.4, -0.2) is 40.5 Å². The second-order valence-corrected chi connectivity index (χ2v) is 7.19. The normalized spacial score (nSPS) is 16.3. The SMILES string of the molecule is Nc1c2c(cc(=O)n1-c1cc(C(=O)O)ccc1N1CCCCCC1)C(=O)NC2=O. The minimum absolute atomic E-state index is 0.00843. The van der Waals surface area contributed by atoms with Crippen molar-refractivity contribution in [2.24, 2.45) is 0 Å². The fourth-order valence-electron chi connectivity index (χ4n) is 3.94. The molecule has 2 aliphatic rings. The molecule has 0 saturated carbocycles. The Morgan fingerprint density at radius 2 is 1.66 bits per heavy atom. The van der Waals surface area contributed by atoms with Crippen LogP contribution in [0.3, 0.4) is 0 Å². The van der Waals surface area contributed by atoms with Crippen molar-refractivity contribution in [3.63, 3.8) is 0 Å². The third-order valence-electron chi connectivity index (χ3n) is 5.36. The Balaban J connectivity index is 1.97. The second kappa shape index (κ2) is 7.08. The highest BCUT2D eigenvalue weighted by Crippen LogP contribution is 2.31. The Hall–Kier alpha value is -3.62. The van der Waals surface area contributed by atoms with E-state index in [2.05, 4.69) is 10.2 Å². The molecule has 1 aromatic carbocycles. The molecule has 0 unspecified atom stereocenters. The number of fused-ring (bicyclic) bond motifs is 1. The van der Waals surface area contributed by atoms with Crippen LogP contribution in [0.5, 0.6) is 0 Å². The highest BCUT2D eigenvalue weighted by molar-refractivity contribution is 6.23. The Bertz CT molecular complexity index is 1100. The molecule has 9 nitrogen and oxygen atoms in total. The standard InChI is InChI=1S/C20H20N4O5/c21-17-16-12(18(26)22-19(16)27)10-15(25)24(17)14-9-11(20(28)29)5-6-13(14)23-7-3-1-2-4-8-23/h5-6,9-10H,1-4,7-8,21H2,(H,28,29)(H,22,26,27). The molecule has 3 heterocycles. The molecule has 0 aliphatic carbocycles. The van der Waals surface area contributed by atoms with E-state index in [0.29, 0.717) is 5.69 Å². The van der Waals surface area contributed by atoms with E-state index >= 15 is 0 Å². The number of pyridine rings is 1. The number of nitrogens with zero attached hydrogens (tertiary/aromatic N) is 2. The van der Waals surface area contributed by atoms with E-state index in [0.717, 1.165) is 49.4 Å². The van der Waals surface area contributed by atoms with Crippen LogP contribution < -0.4 is 21.5 Å². The molecular weight excluding hydrogens is 376 g/mol. The van der Waals surface area contributed by atoms with Crippen molar-refractivity contribution in [3.05, 3.63) is 51.3 Å². The number of carboxylic acids is 1. The third kappa shape index (κ3) is 3.14. The van der Waals surface area contributed by atoms with E-state index in [1.165, 1.54) is 12.1 Å². The fourth-order valence-corrected chi connectivity index (χ4v) is 3.94. The fraction of sp³-hybridized carbons (Fsp3) is 0.300. The molecule has 150 valence electrons. The van der Waals surface area contributed by atoms with Gasteiger partial charge in [0.2, 0.25) is 0 Å². The predicted molar refractivity (Wildman–Crippen MR) is 106 cm³/mol. The van der Waals surface area contributed by atoms with Crippen molar-refractivity contribution in [2.45, 2.75) is 25.7 Å². The highest BCUT2D eigenvalue weighted by atomic mass is 16.4. The first kappa shape index (κ1) is 18.7. The Morgan fingerprint density at radius 3 is 2.31 bits per heavy atom. The summed E-state index contributed by atoms with van der Waals surface area (Å²) in [5.41, 5.74) is 6.35. The van der Waals surface area contributed by atoms with Gasteiger partial charge in [-0.25, -0.2) is 4.79 Å². The zero-order valence-corrected chi connectivity index (χ0v) is 15.6. The van der Waals surface area contributed by atoms with Crippen LogP contribution in [-0.2, 0) is 0 Å². The van der Waals surface area contributed by atoms with Crippen LogP contribution in [0.2, 0.25) is 0 Å². The number of carboxylic acid groups (broad SMARTS) is 1. The maximum atomic E-state index is 12.9. The second-order valence-electron chi connectivity index (χ2n) is 7.19. The zero-order valence-electron chi connectivity index (χ0n) is 15.6. The molecule has 0 radical (unpaired) electrons. The molecule has 0 atom stereocenters. The van der Waals surface area contributed by atoms with E-state index in [1.54, 1.807) is 6.07 Å². The molecule has 1 saturated heterocycles. The van der Waals surface area contributed by atoms with Crippen LogP contribution in [0, 0.1) is 0 Å². The van der Waals surface area contributed by atoms with Crippen molar-refractivity contribution in [3.8, 4) is 5.69 Å². The lowest BCUT2D eigenvalue weighted by atomic mass is 10.1. The average molecular weight is 396 g/mol. The zero-order chi connectivity index (χ0) is 20.7. The minimum Gasteiger partial charge on any atom is -0.478 e. The predicted octanol–water partition coefficient (Wildman–Crippen LogP) is 1.38. The molecule has 4 rings (SSSR count). The van der Waals surface area contributed by atoms with Gasteiger partial charge in [0.25, 0.3) is 17.4 Å². The lowest BCUT2D eigenvalue weighted by molar-refractivity contribution is 0.0696. The number of hydrogen-bond donors (Lipinski definition) is 3. The van der Waals surface area contributed by atoms with Gasteiger partial charge in [-0.2, -0.15) is 0 Å². The van der Waals surface area contributed by atoms with Crippen LogP contribution in [0.4, 0.5) is 11.5 Å². The quantitative estimate of drug-likeness (QED) is 0.667. The molecular formula is C20H20N4O5. The maximum absolute atomic E-state index is 12.9. The molecule has 2 amide bonds. The van der Waals surface area contributed by atoms with E-state index in [4.69, 9.17) is 5.73 Å². The first-order valence-corrected chi connectivity index (χ1v) is 9.42. The summed E-state index contributed by atoms with van der Waals surface area (Å²) in [6, 6.07) is 5.58. The number of nitrogens with one attached hydrogen (secondary N) is 1. The van der Waals surface area contributed by atoms with Gasteiger partial charge >= 0.3 is 5.97 Å². The van der Waals surface area contributed by atoms with Crippen molar-refractivity contribution in [2.75, 3.05) is 23.7 Å². The van der Waals surface area contributed by atoms with E-state index in [9.17, 15) is 24.3 Å². The maximum Gasteiger partial charge on any atom is 0.335 e. The van der Waals surface area contributed by atoms with Gasteiger partial charge in [-0.15, -0.1) is 0 Å². The molecule has 2 aromatic rings. The van der Waals surface area contributed by atoms with Crippen LogP contribution in [0.1, 0.15) is 56.8 Å². The molecule has 29 heavy (non-hydrogen) atoms. The molecule has 0 spiro atoms. The van der Waals surface area contributed by atoms with Crippen LogP contribution in [0.25, 0.3) is 5.69 Å². The van der Waals surface area contributed by atoms with Gasteiger partial charge in [0, 0.05) is 19.2 Å². The number of nitrogens with two attached hydrogens (primary N) is 1. The molecule has 4 N–H and O–H groups in total. The topological polar surface area (TPSA) is 135 Å². The molecule has 2 aliphatic heterocycles. The van der Waals surface area contributed by atoms with Crippen molar-refractivity contribution < 1.29 is 19.5 Å². The number of carbonyl (C=O) groups is 3. The number of amides is 2. The molecule has 9 heteroatoms. The van der Waals surface area contributed by atoms with E-state index < -0.39 is 23.3 Å². The van der Waals surface area contributed by atoms with Gasteiger partial charge in [-0.1, -0.05) is 12.8 Å². The summed E-state index contributed by atoms with van der Waals surface area (Å²) in [5.74, 6) is -2.68. The van der Waals surface area contributed by atoms with Gasteiger partial charge < -0.3 is 15.7 Å². The highest BCUT2D eigenvalue weighted by Gasteiger charge is 2.32. The number of benzene rings is 1. The number of carbonyl (C=O) groups excluding carboxylic acids is 2. The average Bonchev–Trinajstić information content (AvgIpc) is 2.86. The van der Waals surface area contributed by atoms with Gasteiger partial charge in [0.05, 0.1) is 28.1 Å². The summed E-state index contributed by atoms with van der Waals surface area (Å²) in [6.07, 6.45) is 4.15. The smallest absolute Gasteiger partial charge is 0.335 e. The summed E-state index contributed by atoms with van der Waals surface area (Å²) < 4.78 is 1.11. The number of aromatic nitrogens is 1. The summed E-state index contributed by atoms with van der Waals surface area (Å²) in [4.78, 5) is 50.6.